The Kier molecular flexibility index (Phi) is 7.39. The smallest absolute Gasteiger partial charge is 0.103 e. The number of hydrogen-bond donors (Lipinski definition) is 1. The van der Waals surface area contributed by atoms with Gasteiger partial charge in [0, 0.05) is 22.4 Å². The number of nitrogens with one attached hydrogen (secondary N) is 1. The molecule has 1 aliphatic carbocycles. The van der Waals surface area contributed by atoms with E-state index >= 15 is 0 Å². The first-order valence-electron chi connectivity index (χ1n) is 8.13. The minimum absolute atomic E-state index is 0.888. The topological polar surface area (TPSA) is 24.9 Å². The fourth-order valence-electron chi connectivity index (χ4n) is 2.71. The van der Waals surface area contributed by atoms with E-state index < -0.39 is 0 Å². The number of hydrogen-bond acceptors (Lipinski definition) is 4. The van der Waals surface area contributed by atoms with E-state index in [1.807, 2.05) is 11.3 Å². The van der Waals surface area contributed by atoms with Crippen molar-refractivity contribution in [3.8, 4) is 0 Å². The molecule has 2 nitrogen and oxygen atoms in total. The van der Waals surface area contributed by atoms with Crippen molar-refractivity contribution in [1.82, 2.24) is 10.3 Å². The van der Waals surface area contributed by atoms with Crippen LogP contribution in [0.1, 0.15) is 68.0 Å². The van der Waals surface area contributed by atoms with Gasteiger partial charge in [0.25, 0.3) is 0 Å². The predicted octanol–water partition coefficient (Wildman–Crippen LogP) is 4.77. The van der Waals surface area contributed by atoms with Gasteiger partial charge in [-0.15, -0.1) is 11.3 Å². The molecular formula is C16H28N2S2. The van der Waals surface area contributed by atoms with Crippen molar-refractivity contribution < 1.29 is 0 Å². The van der Waals surface area contributed by atoms with Crippen LogP contribution in [-0.4, -0.2) is 16.8 Å². The molecule has 0 amide bonds. The van der Waals surface area contributed by atoms with E-state index in [0.717, 1.165) is 30.5 Å². The maximum Gasteiger partial charge on any atom is 0.103 e. The summed E-state index contributed by atoms with van der Waals surface area (Å²) in [6.07, 6.45) is 9.41. The molecule has 4 heteroatoms. The van der Waals surface area contributed by atoms with Gasteiger partial charge in [0.1, 0.15) is 5.01 Å². The van der Waals surface area contributed by atoms with Gasteiger partial charge in [-0.3, -0.25) is 0 Å². The maximum atomic E-state index is 4.85. The van der Waals surface area contributed by atoms with E-state index in [0.29, 0.717) is 0 Å². The molecule has 1 aromatic heterocycles. The average molecular weight is 313 g/mol. The molecule has 0 aromatic carbocycles. The molecule has 0 aliphatic heterocycles. The highest BCUT2D eigenvalue weighted by atomic mass is 32.2. The van der Waals surface area contributed by atoms with Crippen LogP contribution in [0.4, 0.5) is 0 Å². The second-order valence-corrected chi connectivity index (χ2v) is 8.04. The second kappa shape index (κ2) is 9.06. The Bertz CT molecular complexity index is 384. The Morgan fingerprint density at radius 3 is 2.75 bits per heavy atom. The first-order valence-corrected chi connectivity index (χ1v) is 9.99. The molecule has 0 radical (unpaired) electrons. The minimum Gasteiger partial charge on any atom is -0.312 e. The molecule has 114 valence electrons. The van der Waals surface area contributed by atoms with E-state index in [9.17, 15) is 0 Å². The summed E-state index contributed by atoms with van der Waals surface area (Å²) in [4.78, 5) is 6.31. The summed E-state index contributed by atoms with van der Waals surface area (Å²) in [5.74, 6) is 1.12. The molecule has 1 saturated carbocycles. The van der Waals surface area contributed by atoms with Crippen LogP contribution in [-0.2, 0) is 18.7 Å². The standard InChI is InChI=1S/C16H28N2S2/c1-3-10-17-11-15-14(4-2)18-16(20-15)12-19-13-8-6-5-7-9-13/h13,17H,3-12H2,1-2H3. The van der Waals surface area contributed by atoms with Crippen molar-refractivity contribution >= 4 is 23.1 Å². The summed E-state index contributed by atoms with van der Waals surface area (Å²) in [6.45, 7) is 6.54. The lowest BCUT2D eigenvalue weighted by molar-refractivity contribution is 0.516. The van der Waals surface area contributed by atoms with Crippen LogP contribution < -0.4 is 5.32 Å². The van der Waals surface area contributed by atoms with E-state index in [-0.39, 0.29) is 0 Å². The zero-order valence-corrected chi connectivity index (χ0v) is 14.5. The zero-order valence-electron chi connectivity index (χ0n) is 12.9. The third kappa shape index (κ3) is 5.05. The van der Waals surface area contributed by atoms with Crippen LogP contribution in [0.25, 0.3) is 0 Å². The lowest BCUT2D eigenvalue weighted by Gasteiger charge is -2.20. The Hall–Kier alpha value is -0.0600. The van der Waals surface area contributed by atoms with Crippen molar-refractivity contribution in [1.29, 1.82) is 0 Å². The zero-order chi connectivity index (χ0) is 14.2. The first-order chi connectivity index (χ1) is 9.83. The highest BCUT2D eigenvalue weighted by molar-refractivity contribution is 7.99. The Labute approximate surface area is 132 Å². The summed E-state index contributed by atoms with van der Waals surface area (Å²) < 4.78 is 0. The van der Waals surface area contributed by atoms with Crippen LogP contribution in [0.2, 0.25) is 0 Å². The second-order valence-electron chi connectivity index (χ2n) is 5.58. The molecule has 1 N–H and O–H groups in total. The Morgan fingerprint density at radius 2 is 2.05 bits per heavy atom. The van der Waals surface area contributed by atoms with Gasteiger partial charge >= 0.3 is 0 Å². The molecular weight excluding hydrogens is 284 g/mol. The molecule has 0 bridgehead atoms. The third-order valence-electron chi connectivity index (χ3n) is 3.86. The van der Waals surface area contributed by atoms with E-state index in [1.54, 1.807) is 0 Å². The van der Waals surface area contributed by atoms with Crippen molar-refractivity contribution in [3.63, 3.8) is 0 Å². The Balaban J connectivity index is 1.84. The molecule has 1 fully saturated rings. The minimum atomic E-state index is 0.888. The lowest BCUT2D eigenvalue weighted by Crippen LogP contribution is -2.13. The van der Waals surface area contributed by atoms with Crippen molar-refractivity contribution in [3.05, 3.63) is 15.6 Å². The van der Waals surface area contributed by atoms with Crippen LogP contribution in [0.5, 0.6) is 0 Å². The van der Waals surface area contributed by atoms with Crippen molar-refractivity contribution in [2.75, 3.05) is 6.54 Å². The van der Waals surface area contributed by atoms with E-state index in [1.165, 1.54) is 54.1 Å². The fourth-order valence-corrected chi connectivity index (χ4v) is 5.18. The van der Waals surface area contributed by atoms with Gasteiger partial charge < -0.3 is 5.32 Å². The Morgan fingerprint density at radius 1 is 1.25 bits per heavy atom. The highest BCUT2D eigenvalue weighted by Crippen LogP contribution is 2.32. The fraction of sp³-hybridized carbons (Fsp3) is 0.812. The number of thioether (sulfide) groups is 1. The van der Waals surface area contributed by atoms with Crippen LogP contribution in [0.3, 0.4) is 0 Å². The van der Waals surface area contributed by atoms with Gasteiger partial charge in [0.05, 0.1) is 5.69 Å². The van der Waals surface area contributed by atoms with Gasteiger partial charge in [0.2, 0.25) is 0 Å². The quantitative estimate of drug-likeness (QED) is 0.700. The first kappa shape index (κ1) is 16.3. The van der Waals surface area contributed by atoms with E-state index in [2.05, 4.69) is 30.9 Å². The van der Waals surface area contributed by atoms with E-state index in [4.69, 9.17) is 4.98 Å². The molecule has 0 spiro atoms. The molecule has 2 rings (SSSR count). The number of aromatic nitrogens is 1. The summed E-state index contributed by atoms with van der Waals surface area (Å²) >= 11 is 4.07. The number of thiazole rings is 1. The maximum absolute atomic E-state index is 4.85. The highest BCUT2D eigenvalue weighted by Gasteiger charge is 2.15. The van der Waals surface area contributed by atoms with Crippen molar-refractivity contribution in [2.45, 2.75) is 76.3 Å². The van der Waals surface area contributed by atoms with Gasteiger partial charge in [-0.1, -0.05) is 33.1 Å². The van der Waals surface area contributed by atoms with Gasteiger partial charge in [-0.2, -0.15) is 11.8 Å². The van der Waals surface area contributed by atoms with Gasteiger partial charge in [0.15, 0.2) is 0 Å². The number of aryl methyl sites for hydroxylation is 1. The SMILES string of the molecule is CCCNCc1sc(CSC2CCCCC2)nc1CC. The monoisotopic (exact) mass is 312 g/mol. The molecule has 1 aliphatic rings. The average Bonchev–Trinajstić information content (AvgIpc) is 2.89. The summed E-state index contributed by atoms with van der Waals surface area (Å²) in [7, 11) is 0. The lowest BCUT2D eigenvalue weighted by atomic mass is 10.0. The number of rotatable bonds is 8. The molecule has 1 heterocycles. The molecule has 20 heavy (non-hydrogen) atoms. The van der Waals surface area contributed by atoms with Crippen LogP contribution in [0, 0.1) is 0 Å². The van der Waals surface area contributed by atoms with Crippen molar-refractivity contribution in [2.24, 2.45) is 0 Å². The molecule has 0 atom stereocenters. The largest absolute Gasteiger partial charge is 0.312 e. The van der Waals surface area contributed by atoms with Crippen LogP contribution >= 0.6 is 23.1 Å². The molecule has 0 saturated heterocycles. The van der Waals surface area contributed by atoms with Gasteiger partial charge in [-0.05, 0) is 32.2 Å². The molecule has 1 aromatic rings. The summed E-state index contributed by atoms with van der Waals surface area (Å²) in [5.41, 5.74) is 1.32. The number of nitrogens with zero attached hydrogens (tertiary/aromatic N) is 1. The normalized spacial score (nSPS) is 16.7. The summed E-state index contributed by atoms with van der Waals surface area (Å²) in [6, 6.07) is 0. The van der Waals surface area contributed by atoms with Gasteiger partial charge in [-0.25, -0.2) is 4.98 Å². The van der Waals surface area contributed by atoms with Crippen LogP contribution in [0.15, 0.2) is 0 Å². The predicted molar refractivity (Wildman–Crippen MR) is 91.7 cm³/mol. The third-order valence-corrected chi connectivity index (χ3v) is 6.53. The molecule has 0 unspecified atom stereocenters. The summed E-state index contributed by atoms with van der Waals surface area (Å²) in [5, 5.41) is 5.74.